The Hall–Kier alpha value is -4.53. The number of nitrogens with two attached hydrogens (primary N) is 2. The van der Waals surface area contributed by atoms with Crippen molar-refractivity contribution in [2.75, 3.05) is 26.2 Å². The van der Waals surface area contributed by atoms with Crippen molar-refractivity contribution in [2.24, 2.45) is 11.5 Å². The highest BCUT2D eigenvalue weighted by molar-refractivity contribution is 5.94. The predicted molar refractivity (Wildman–Crippen MR) is 153 cm³/mol. The van der Waals surface area contributed by atoms with E-state index in [2.05, 4.69) is 31.9 Å². The lowest BCUT2D eigenvalue weighted by molar-refractivity contribution is -0.132. The van der Waals surface area contributed by atoms with Crippen molar-refractivity contribution >= 4 is 41.9 Å². The third-order valence-corrected chi connectivity index (χ3v) is 5.91. The Morgan fingerprint density at radius 3 is 1.88 bits per heavy atom. The van der Waals surface area contributed by atoms with Crippen LogP contribution in [0.4, 0.5) is 0 Å². The number of carbonyl (C=O) groups is 7. The van der Waals surface area contributed by atoms with Gasteiger partial charge in [0.1, 0.15) is 12.1 Å². The highest BCUT2D eigenvalue weighted by Crippen LogP contribution is 2.03. The number of benzene rings is 1. The molecule has 10 N–H and O–H groups in total. The number of nitrogens with one attached hydrogen (secondary N) is 6. The first-order valence-electron chi connectivity index (χ1n) is 13.7. The SMILES string of the molecule is CC(Cc1ccccc1)NC(=O)CNC(=O)[C@H](CCCCN)NC(=O)CNC(=O)C(CCC(N)=O)NC(=O)CNC=O. The van der Waals surface area contributed by atoms with Crippen molar-refractivity contribution in [3.63, 3.8) is 0 Å². The number of rotatable bonds is 21. The molecule has 0 saturated heterocycles. The number of hydrogen-bond acceptors (Lipinski definition) is 8. The normalized spacial score (nSPS) is 12.5. The summed E-state index contributed by atoms with van der Waals surface area (Å²) in [5, 5.41) is 14.7. The van der Waals surface area contributed by atoms with Crippen LogP contribution in [-0.2, 0) is 40.0 Å². The van der Waals surface area contributed by atoms with Gasteiger partial charge >= 0.3 is 0 Å². The molecule has 0 aliphatic carbocycles. The molecular formula is C27H42N8O7. The van der Waals surface area contributed by atoms with E-state index < -0.39 is 60.6 Å². The number of hydrogen-bond donors (Lipinski definition) is 8. The van der Waals surface area contributed by atoms with E-state index in [0.29, 0.717) is 32.2 Å². The molecule has 0 spiro atoms. The summed E-state index contributed by atoms with van der Waals surface area (Å²) in [6, 6.07) is 7.26. The average Bonchev–Trinajstić information content (AvgIpc) is 2.95. The third kappa shape index (κ3) is 15.9. The van der Waals surface area contributed by atoms with E-state index in [4.69, 9.17) is 11.5 Å². The molecule has 0 heterocycles. The Kier molecular flexibility index (Phi) is 17.2. The van der Waals surface area contributed by atoms with E-state index in [1.807, 2.05) is 37.3 Å². The minimum Gasteiger partial charge on any atom is -0.370 e. The van der Waals surface area contributed by atoms with Gasteiger partial charge in [0.05, 0.1) is 19.6 Å². The zero-order chi connectivity index (χ0) is 31.3. The highest BCUT2D eigenvalue weighted by atomic mass is 16.2. The van der Waals surface area contributed by atoms with Gasteiger partial charge in [-0.25, -0.2) is 0 Å². The number of primary amides is 1. The predicted octanol–water partition coefficient (Wildman–Crippen LogP) is -2.92. The Bertz CT molecular complexity index is 1050. The Labute approximate surface area is 244 Å². The largest absolute Gasteiger partial charge is 0.370 e. The number of carbonyl (C=O) groups excluding carboxylic acids is 7. The van der Waals surface area contributed by atoms with Crippen molar-refractivity contribution in [2.45, 2.75) is 63.6 Å². The molecule has 15 heteroatoms. The summed E-state index contributed by atoms with van der Waals surface area (Å²) in [6.07, 6.45) is 1.95. The van der Waals surface area contributed by atoms with Crippen LogP contribution in [0.5, 0.6) is 0 Å². The van der Waals surface area contributed by atoms with Gasteiger partial charge in [0.15, 0.2) is 0 Å². The van der Waals surface area contributed by atoms with Crippen LogP contribution in [0.25, 0.3) is 0 Å². The molecular weight excluding hydrogens is 548 g/mol. The average molecular weight is 591 g/mol. The van der Waals surface area contributed by atoms with E-state index in [1.165, 1.54) is 0 Å². The standard InChI is InChI=1S/C27H42N8O7/c1-18(13-19-7-3-2-4-8-19)33-24(39)15-31-26(41)20(9-5-6-12-28)34-25(40)16-32-27(42)21(10-11-22(29)37)35-23(38)14-30-17-36/h2-4,7-8,17-18,20-21H,5-6,9-16,28H2,1H3,(H2,29,37)(H,30,36)(H,31,41)(H,32,42)(H,33,39)(H,34,40)(H,35,38)/t18?,20-,21?/m0/s1. The maximum Gasteiger partial charge on any atom is 0.243 e. The number of amides is 7. The summed E-state index contributed by atoms with van der Waals surface area (Å²) in [5.41, 5.74) is 11.7. The lowest BCUT2D eigenvalue weighted by Gasteiger charge is -2.20. The minimum absolute atomic E-state index is 0.133. The van der Waals surface area contributed by atoms with Gasteiger partial charge in [0.25, 0.3) is 0 Å². The van der Waals surface area contributed by atoms with Crippen LogP contribution in [-0.4, -0.2) is 86.2 Å². The molecule has 0 saturated carbocycles. The van der Waals surface area contributed by atoms with E-state index in [9.17, 15) is 33.6 Å². The molecule has 0 radical (unpaired) electrons. The second kappa shape index (κ2) is 20.4. The topological polar surface area (TPSA) is 244 Å². The van der Waals surface area contributed by atoms with Crippen molar-refractivity contribution in [3.8, 4) is 0 Å². The summed E-state index contributed by atoms with van der Waals surface area (Å²) in [5.74, 6) is -3.82. The molecule has 0 aliphatic heterocycles. The first-order chi connectivity index (χ1) is 20.0. The van der Waals surface area contributed by atoms with Crippen LogP contribution in [0.3, 0.4) is 0 Å². The van der Waals surface area contributed by atoms with E-state index in [0.717, 1.165) is 5.56 Å². The zero-order valence-corrected chi connectivity index (χ0v) is 23.8. The molecule has 1 aromatic carbocycles. The fourth-order valence-corrected chi connectivity index (χ4v) is 3.87. The lowest BCUT2D eigenvalue weighted by Crippen LogP contribution is -2.53. The van der Waals surface area contributed by atoms with Crippen LogP contribution >= 0.6 is 0 Å². The molecule has 0 fully saturated rings. The first kappa shape index (κ1) is 35.5. The van der Waals surface area contributed by atoms with Crippen molar-refractivity contribution in [1.82, 2.24) is 31.9 Å². The van der Waals surface area contributed by atoms with Gasteiger partial charge in [-0.05, 0) is 51.1 Å². The first-order valence-corrected chi connectivity index (χ1v) is 13.7. The maximum atomic E-state index is 12.8. The monoisotopic (exact) mass is 590 g/mol. The minimum atomic E-state index is -1.20. The van der Waals surface area contributed by atoms with E-state index in [1.54, 1.807) is 0 Å². The van der Waals surface area contributed by atoms with Gasteiger partial charge < -0.3 is 43.4 Å². The van der Waals surface area contributed by atoms with Gasteiger partial charge in [0.2, 0.25) is 41.9 Å². The van der Waals surface area contributed by atoms with Gasteiger partial charge in [0, 0.05) is 12.5 Å². The van der Waals surface area contributed by atoms with Gasteiger partial charge in [-0.2, -0.15) is 0 Å². The molecule has 3 atom stereocenters. The van der Waals surface area contributed by atoms with E-state index in [-0.39, 0.29) is 31.8 Å². The zero-order valence-electron chi connectivity index (χ0n) is 23.8. The molecule has 0 aliphatic rings. The lowest BCUT2D eigenvalue weighted by atomic mass is 10.1. The van der Waals surface area contributed by atoms with E-state index >= 15 is 0 Å². The Morgan fingerprint density at radius 2 is 1.33 bits per heavy atom. The Morgan fingerprint density at radius 1 is 0.786 bits per heavy atom. The molecule has 1 rings (SSSR count). The summed E-state index contributed by atoms with van der Waals surface area (Å²) in [4.78, 5) is 83.8. The Balaban J connectivity index is 2.65. The maximum absolute atomic E-state index is 12.8. The highest BCUT2D eigenvalue weighted by Gasteiger charge is 2.24. The summed E-state index contributed by atoms with van der Waals surface area (Å²) < 4.78 is 0. The molecule has 232 valence electrons. The molecule has 7 amide bonds. The number of unbranched alkanes of at least 4 members (excludes halogenated alkanes) is 1. The molecule has 15 nitrogen and oxygen atoms in total. The molecule has 2 unspecified atom stereocenters. The van der Waals surface area contributed by atoms with Crippen LogP contribution < -0.4 is 43.4 Å². The molecule has 0 aromatic heterocycles. The fourth-order valence-electron chi connectivity index (χ4n) is 3.87. The molecule has 0 bridgehead atoms. The fraction of sp³-hybridized carbons (Fsp3) is 0.519. The molecule has 42 heavy (non-hydrogen) atoms. The second-order valence-electron chi connectivity index (χ2n) is 9.62. The third-order valence-electron chi connectivity index (χ3n) is 5.91. The van der Waals surface area contributed by atoms with Crippen LogP contribution in [0.1, 0.15) is 44.6 Å². The van der Waals surface area contributed by atoms with Gasteiger partial charge in [-0.3, -0.25) is 33.6 Å². The van der Waals surface area contributed by atoms with Crippen molar-refractivity contribution < 1.29 is 33.6 Å². The van der Waals surface area contributed by atoms with Crippen molar-refractivity contribution in [3.05, 3.63) is 35.9 Å². The quantitative estimate of drug-likeness (QED) is 0.0543. The summed E-state index contributed by atoms with van der Waals surface area (Å²) >= 11 is 0. The summed E-state index contributed by atoms with van der Waals surface area (Å²) in [6.45, 7) is 1.02. The molecule has 1 aromatic rings. The second-order valence-corrected chi connectivity index (χ2v) is 9.62. The van der Waals surface area contributed by atoms with Crippen LogP contribution in [0.15, 0.2) is 30.3 Å². The summed E-state index contributed by atoms with van der Waals surface area (Å²) in [7, 11) is 0. The van der Waals surface area contributed by atoms with Crippen LogP contribution in [0.2, 0.25) is 0 Å². The van der Waals surface area contributed by atoms with Gasteiger partial charge in [-0.15, -0.1) is 0 Å². The van der Waals surface area contributed by atoms with Crippen molar-refractivity contribution in [1.29, 1.82) is 0 Å². The van der Waals surface area contributed by atoms with Crippen LogP contribution in [0, 0.1) is 0 Å². The smallest absolute Gasteiger partial charge is 0.243 e. The van der Waals surface area contributed by atoms with Gasteiger partial charge in [-0.1, -0.05) is 30.3 Å².